The van der Waals surface area contributed by atoms with Crippen molar-refractivity contribution in [3.05, 3.63) is 48.6 Å². The van der Waals surface area contributed by atoms with E-state index < -0.39 is 6.10 Å². The molecule has 0 amide bonds. The van der Waals surface area contributed by atoms with Crippen LogP contribution in [-0.4, -0.2) is 37.2 Å². The fourth-order valence-electron chi connectivity index (χ4n) is 7.15. The Morgan fingerprint density at radius 3 is 0.950 bits per heavy atom. The van der Waals surface area contributed by atoms with Crippen LogP contribution in [0.3, 0.4) is 0 Å². The lowest BCUT2D eigenvalue weighted by molar-refractivity contribution is -0.167. The second kappa shape index (κ2) is 49.0. The van der Waals surface area contributed by atoms with E-state index in [1.165, 1.54) is 122 Å². The molecule has 0 aliphatic rings. The standard InChI is InChI=1S/C54H96O6/c1-4-7-10-13-16-19-22-25-27-29-32-34-37-40-43-46-52(55)58-49-51(60-54(57)48-45-42-39-36-31-24-21-18-15-12-9-6-3)50-59-53(56)47-44-41-38-35-33-30-28-26-23-20-17-14-11-8-5-2/h16-17,19-20,25-28,51H,4-15,18,21-24,29-50H2,1-3H3/b19-16-,20-17-,27-25-,28-26-. The zero-order chi connectivity index (χ0) is 43.7. The van der Waals surface area contributed by atoms with Gasteiger partial charge in [-0.15, -0.1) is 0 Å². The third-order valence-corrected chi connectivity index (χ3v) is 11.1. The van der Waals surface area contributed by atoms with Crippen LogP contribution in [0.5, 0.6) is 0 Å². The number of ether oxygens (including phenoxy) is 3. The zero-order valence-electron chi connectivity index (χ0n) is 39.7. The highest BCUT2D eigenvalue weighted by molar-refractivity contribution is 5.71. The lowest BCUT2D eigenvalue weighted by Crippen LogP contribution is -2.30. The Morgan fingerprint density at radius 2 is 0.600 bits per heavy atom. The van der Waals surface area contributed by atoms with Crippen LogP contribution >= 0.6 is 0 Å². The van der Waals surface area contributed by atoms with Gasteiger partial charge in [0.15, 0.2) is 6.10 Å². The van der Waals surface area contributed by atoms with E-state index in [-0.39, 0.29) is 31.1 Å². The molecule has 0 bridgehead atoms. The van der Waals surface area contributed by atoms with Crippen molar-refractivity contribution >= 4 is 17.9 Å². The van der Waals surface area contributed by atoms with Crippen LogP contribution in [0.25, 0.3) is 0 Å². The Labute approximate surface area is 371 Å². The van der Waals surface area contributed by atoms with Gasteiger partial charge < -0.3 is 14.2 Å². The summed E-state index contributed by atoms with van der Waals surface area (Å²) in [5, 5.41) is 0. The first kappa shape index (κ1) is 57.4. The van der Waals surface area contributed by atoms with Crippen LogP contribution < -0.4 is 0 Å². The quantitative estimate of drug-likeness (QED) is 0.0263. The number of carbonyl (C=O) groups is 3. The lowest BCUT2D eigenvalue weighted by atomic mass is 10.0. The molecule has 6 heteroatoms. The maximum absolute atomic E-state index is 12.8. The molecule has 0 aliphatic heterocycles. The molecule has 0 rings (SSSR count). The largest absolute Gasteiger partial charge is 0.462 e. The van der Waals surface area contributed by atoms with Crippen molar-refractivity contribution in [1.29, 1.82) is 0 Å². The molecular weight excluding hydrogens is 745 g/mol. The maximum Gasteiger partial charge on any atom is 0.306 e. The van der Waals surface area contributed by atoms with Gasteiger partial charge in [0, 0.05) is 19.3 Å². The molecule has 0 aromatic carbocycles. The molecule has 0 heterocycles. The number of unbranched alkanes of at least 4 members (excludes halogenated alkanes) is 27. The van der Waals surface area contributed by atoms with Crippen molar-refractivity contribution in [3.63, 3.8) is 0 Å². The molecule has 0 aromatic rings. The number of rotatable bonds is 46. The molecule has 348 valence electrons. The molecule has 0 aromatic heterocycles. The summed E-state index contributed by atoms with van der Waals surface area (Å²) < 4.78 is 16.8. The van der Waals surface area contributed by atoms with Crippen LogP contribution in [-0.2, 0) is 28.6 Å². The first-order chi connectivity index (χ1) is 29.5. The summed E-state index contributed by atoms with van der Waals surface area (Å²) in [6.07, 6.45) is 58.0. The van der Waals surface area contributed by atoms with Gasteiger partial charge in [0.05, 0.1) is 0 Å². The minimum Gasteiger partial charge on any atom is -0.462 e. The molecule has 0 spiro atoms. The van der Waals surface area contributed by atoms with Crippen LogP contribution in [0.4, 0.5) is 0 Å². The molecule has 0 aliphatic carbocycles. The highest BCUT2D eigenvalue weighted by atomic mass is 16.6. The molecule has 0 N–H and O–H groups in total. The highest BCUT2D eigenvalue weighted by Crippen LogP contribution is 2.15. The molecule has 0 radical (unpaired) electrons. The van der Waals surface area contributed by atoms with Crippen molar-refractivity contribution in [2.75, 3.05) is 13.2 Å². The van der Waals surface area contributed by atoms with E-state index in [2.05, 4.69) is 69.4 Å². The van der Waals surface area contributed by atoms with E-state index in [1.807, 2.05) is 0 Å². The maximum atomic E-state index is 12.8. The Balaban J connectivity index is 4.40. The van der Waals surface area contributed by atoms with Crippen molar-refractivity contribution in [3.8, 4) is 0 Å². The SMILES string of the molecule is CCCCC/C=C\C/C=C\CCCCCCCC(=O)OCC(COC(=O)CCCCCCC/C=C\C/C=C\CCCCC)OC(=O)CCCCCCCCCCCCCC. The predicted molar refractivity (Wildman–Crippen MR) is 256 cm³/mol. The van der Waals surface area contributed by atoms with Gasteiger partial charge in [-0.25, -0.2) is 0 Å². The normalized spacial score (nSPS) is 11.9. The molecule has 6 nitrogen and oxygen atoms in total. The summed E-state index contributed by atoms with van der Waals surface area (Å²) in [6, 6.07) is 0. The molecule has 60 heavy (non-hydrogen) atoms. The minimum atomic E-state index is -0.781. The number of hydrogen-bond donors (Lipinski definition) is 0. The van der Waals surface area contributed by atoms with E-state index in [4.69, 9.17) is 14.2 Å². The van der Waals surface area contributed by atoms with E-state index in [0.29, 0.717) is 19.3 Å². The third-order valence-electron chi connectivity index (χ3n) is 11.1. The summed E-state index contributed by atoms with van der Waals surface area (Å²) in [5.74, 6) is -0.903. The van der Waals surface area contributed by atoms with Crippen molar-refractivity contribution in [1.82, 2.24) is 0 Å². The monoisotopic (exact) mass is 841 g/mol. The van der Waals surface area contributed by atoms with Gasteiger partial charge in [-0.05, 0) is 83.5 Å². The smallest absolute Gasteiger partial charge is 0.306 e. The summed E-state index contributed by atoms with van der Waals surface area (Å²) in [6.45, 7) is 6.57. The van der Waals surface area contributed by atoms with Gasteiger partial charge in [0.25, 0.3) is 0 Å². The molecule has 0 atom stereocenters. The van der Waals surface area contributed by atoms with Gasteiger partial charge in [-0.3, -0.25) is 14.4 Å². The summed E-state index contributed by atoms with van der Waals surface area (Å²) >= 11 is 0. The van der Waals surface area contributed by atoms with Crippen molar-refractivity contribution in [2.45, 2.75) is 264 Å². The topological polar surface area (TPSA) is 78.9 Å². The molecule has 0 unspecified atom stereocenters. The molecular formula is C54H96O6. The number of hydrogen-bond acceptors (Lipinski definition) is 6. The fourth-order valence-corrected chi connectivity index (χ4v) is 7.15. The molecule has 0 saturated carbocycles. The average Bonchev–Trinajstić information content (AvgIpc) is 3.24. The summed E-state index contributed by atoms with van der Waals surface area (Å²) in [5.41, 5.74) is 0. The molecule has 0 saturated heterocycles. The predicted octanol–water partition coefficient (Wildman–Crippen LogP) is 16.7. The lowest BCUT2D eigenvalue weighted by Gasteiger charge is -2.18. The van der Waals surface area contributed by atoms with Crippen LogP contribution in [0.15, 0.2) is 48.6 Å². The number of esters is 3. The van der Waals surface area contributed by atoms with Gasteiger partial charge in [-0.2, -0.15) is 0 Å². The van der Waals surface area contributed by atoms with Crippen molar-refractivity contribution in [2.24, 2.45) is 0 Å². The van der Waals surface area contributed by atoms with Gasteiger partial charge >= 0.3 is 17.9 Å². The first-order valence-electron chi connectivity index (χ1n) is 25.6. The summed E-state index contributed by atoms with van der Waals surface area (Å²) in [4.78, 5) is 37.9. The summed E-state index contributed by atoms with van der Waals surface area (Å²) in [7, 11) is 0. The van der Waals surface area contributed by atoms with Gasteiger partial charge in [-0.1, -0.05) is 204 Å². The number of carbonyl (C=O) groups excluding carboxylic acids is 3. The Hall–Kier alpha value is -2.63. The van der Waals surface area contributed by atoms with E-state index in [1.54, 1.807) is 0 Å². The highest BCUT2D eigenvalue weighted by Gasteiger charge is 2.19. The van der Waals surface area contributed by atoms with E-state index in [0.717, 1.165) is 96.3 Å². The van der Waals surface area contributed by atoms with Gasteiger partial charge in [0.1, 0.15) is 13.2 Å². The third kappa shape index (κ3) is 46.4. The van der Waals surface area contributed by atoms with Crippen molar-refractivity contribution < 1.29 is 28.6 Å². The van der Waals surface area contributed by atoms with Crippen LogP contribution in [0.1, 0.15) is 258 Å². The second-order valence-electron chi connectivity index (χ2n) is 17.1. The fraction of sp³-hybridized carbons (Fsp3) is 0.796. The van der Waals surface area contributed by atoms with Gasteiger partial charge in [0.2, 0.25) is 0 Å². The first-order valence-corrected chi connectivity index (χ1v) is 25.6. The second-order valence-corrected chi connectivity index (χ2v) is 17.1. The average molecular weight is 841 g/mol. The Kier molecular flexibility index (Phi) is 46.9. The number of allylic oxidation sites excluding steroid dienone is 8. The van der Waals surface area contributed by atoms with Crippen LogP contribution in [0, 0.1) is 0 Å². The molecule has 0 fully saturated rings. The Bertz CT molecular complexity index is 996. The van der Waals surface area contributed by atoms with Crippen LogP contribution in [0.2, 0.25) is 0 Å². The van der Waals surface area contributed by atoms with E-state index in [9.17, 15) is 14.4 Å². The Morgan fingerprint density at radius 1 is 0.333 bits per heavy atom. The zero-order valence-corrected chi connectivity index (χ0v) is 39.7. The minimum absolute atomic E-state index is 0.0831. The van der Waals surface area contributed by atoms with E-state index >= 15 is 0 Å².